The van der Waals surface area contributed by atoms with Gasteiger partial charge in [0, 0.05) is 6.54 Å². The number of carbonyl (C=O) groups is 1. The molecule has 2 heterocycles. The lowest BCUT2D eigenvalue weighted by atomic mass is 9.96. The largest absolute Gasteiger partial charge is 0.363 e. The molecule has 5 heteroatoms. The van der Waals surface area contributed by atoms with Crippen LogP contribution in [0.15, 0.2) is 36.4 Å². The van der Waals surface area contributed by atoms with E-state index in [0.717, 1.165) is 29.7 Å². The number of hydrogen-bond acceptors (Lipinski definition) is 3. The van der Waals surface area contributed by atoms with Crippen molar-refractivity contribution < 1.29 is 13.9 Å². The molecule has 1 atom stereocenters. The van der Waals surface area contributed by atoms with Crippen LogP contribution in [0, 0.1) is 5.82 Å². The van der Waals surface area contributed by atoms with Crippen molar-refractivity contribution in [2.75, 3.05) is 18.5 Å². The predicted molar refractivity (Wildman–Crippen MR) is 89.3 cm³/mol. The fourth-order valence-corrected chi connectivity index (χ4v) is 3.44. The molecule has 0 aliphatic carbocycles. The monoisotopic (exact) mass is 326 g/mol. The first-order valence-electron chi connectivity index (χ1n) is 8.25. The Hall–Kier alpha value is -2.24. The summed E-state index contributed by atoms with van der Waals surface area (Å²) in [6.07, 6.45) is 0.736. The summed E-state index contributed by atoms with van der Waals surface area (Å²) in [6, 6.07) is 11.2. The number of fused-ring (bicyclic) bond motifs is 2. The summed E-state index contributed by atoms with van der Waals surface area (Å²) < 4.78 is 20.3. The molecule has 0 aromatic heterocycles. The van der Waals surface area contributed by atoms with Crippen LogP contribution in [0.1, 0.15) is 28.4 Å². The number of nitrogens with one attached hydrogen (secondary N) is 2. The van der Waals surface area contributed by atoms with Gasteiger partial charge in [-0.05, 0) is 47.7 Å². The molecule has 2 aromatic rings. The molecule has 0 radical (unpaired) electrons. The first-order chi connectivity index (χ1) is 11.7. The van der Waals surface area contributed by atoms with Crippen LogP contribution in [0.3, 0.4) is 0 Å². The molecular formula is C19H19FN2O2. The number of carbonyl (C=O) groups excluding carboxylic acids is 1. The van der Waals surface area contributed by atoms with Crippen LogP contribution in [0.5, 0.6) is 0 Å². The molecule has 0 saturated carbocycles. The maximum atomic E-state index is 14.7. The summed E-state index contributed by atoms with van der Waals surface area (Å²) in [4.78, 5) is 12.6. The van der Waals surface area contributed by atoms with Crippen LogP contribution < -0.4 is 10.6 Å². The maximum absolute atomic E-state index is 14.7. The zero-order valence-electron chi connectivity index (χ0n) is 13.3. The van der Waals surface area contributed by atoms with Gasteiger partial charge in [-0.15, -0.1) is 0 Å². The van der Waals surface area contributed by atoms with E-state index in [4.69, 9.17) is 4.74 Å². The zero-order valence-corrected chi connectivity index (χ0v) is 13.3. The summed E-state index contributed by atoms with van der Waals surface area (Å²) in [7, 11) is 0. The Morgan fingerprint density at radius 1 is 1.17 bits per heavy atom. The molecule has 2 aromatic carbocycles. The fourth-order valence-electron chi connectivity index (χ4n) is 3.44. The van der Waals surface area contributed by atoms with E-state index in [1.54, 1.807) is 6.07 Å². The summed E-state index contributed by atoms with van der Waals surface area (Å²) >= 11 is 0. The molecule has 1 amide bonds. The highest BCUT2D eigenvalue weighted by Crippen LogP contribution is 2.30. The van der Waals surface area contributed by atoms with Gasteiger partial charge in [0.1, 0.15) is 5.82 Å². The van der Waals surface area contributed by atoms with Crippen molar-refractivity contribution >= 4 is 11.6 Å². The standard InChI is InChI=1S/C19H19FN2O2/c20-17-14-7-9-21-11-13(14)5-6-16(17)22-19(23)18-15-4-2-1-3-12(15)8-10-24-18/h1-6,18,21H,7-11H2,(H,22,23). The Balaban J connectivity index is 1.59. The zero-order chi connectivity index (χ0) is 16.5. The van der Waals surface area contributed by atoms with E-state index in [0.29, 0.717) is 25.1 Å². The summed E-state index contributed by atoms with van der Waals surface area (Å²) in [5, 5.41) is 5.93. The van der Waals surface area contributed by atoms with Crippen LogP contribution in [-0.4, -0.2) is 19.1 Å². The van der Waals surface area contributed by atoms with Crippen molar-refractivity contribution in [1.82, 2.24) is 5.32 Å². The second-order valence-electron chi connectivity index (χ2n) is 6.18. The molecule has 0 saturated heterocycles. The number of rotatable bonds is 2. The number of halogens is 1. The normalized spacial score (nSPS) is 19.3. The van der Waals surface area contributed by atoms with Crippen LogP contribution in [0.25, 0.3) is 0 Å². The Morgan fingerprint density at radius 3 is 2.96 bits per heavy atom. The van der Waals surface area contributed by atoms with Gasteiger partial charge in [0.05, 0.1) is 12.3 Å². The van der Waals surface area contributed by atoms with Crippen molar-refractivity contribution in [3.63, 3.8) is 0 Å². The molecule has 2 aliphatic heterocycles. The molecule has 24 heavy (non-hydrogen) atoms. The molecule has 0 bridgehead atoms. The average Bonchev–Trinajstić information content (AvgIpc) is 2.63. The minimum absolute atomic E-state index is 0.229. The topological polar surface area (TPSA) is 50.4 Å². The molecule has 0 spiro atoms. The first-order valence-corrected chi connectivity index (χ1v) is 8.25. The molecule has 2 N–H and O–H groups in total. The number of benzene rings is 2. The predicted octanol–water partition coefficient (Wildman–Crippen LogP) is 2.72. The Bertz CT molecular complexity index is 791. The highest BCUT2D eigenvalue weighted by atomic mass is 19.1. The molecule has 2 aliphatic rings. The van der Waals surface area contributed by atoms with Gasteiger partial charge in [0.25, 0.3) is 5.91 Å². The lowest BCUT2D eigenvalue weighted by Gasteiger charge is -2.25. The van der Waals surface area contributed by atoms with Crippen LogP contribution in [0.4, 0.5) is 10.1 Å². The third-order valence-corrected chi connectivity index (χ3v) is 4.70. The Labute approximate surface area is 140 Å². The second-order valence-corrected chi connectivity index (χ2v) is 6.18. The van der Waals surface area contributed by atoms with Crippen LogP contribution in [0.2, 0.25) is 0 Å². The van der Waals surface area contributed by atoms with E-state index in [1.165, 1.54) is 0 Å². The van der Waals surface area contributed by atoms with E-state index in [9.17, 15) is 9.18 Å². The number of hydrogen-bond donors (Lipinski definition) is 2. The molecule has 4 rings (SSSR count). The summed E-state index contributed by atoms with van der Waals surface area (Å²) in [5.41, 5.74) is 3.85. The van der Waals surface area contributed by atoms with E-state index < -0.39 is 6.10 Å². The van der Waals surface area contributed by atoms with Gasteiger partial charge in [0.15, 0.2) is 6.10 Å². The fraction of sp³-hybridized carbons (Fsp3) is 0.316. The number of amides is 1. The Morgan fingerprint density at radius 2 is 2.04 bits per heavy atom. The van der Waals surface area contributed by atoms with Crippen molar-refractivity contribution in [1.29, 1.82) is 0 Å². The third-order valence-electron chi connectivity index (χ3n) is 4.70. The smallest absolute Gasteiger partial charge is 0.258 e. The SMILES string of the molecule is O=C(Nc1ccc2c(c1F)CCNC2)C1OCCc2ccccc21. The van der Waals surface area contributed by atoms with Gasteiger partial charge in [-0.1, -0.05) is 30.3 Å². The van der Waals surface area contributed by atoms with E-state index in [1.807, 2.05) is 30.3 Å². The molecular weight excluding hydrogens is 307 g/mol. The molecule has 4 nitrogen and oxygen atoms in total. The van der Waals surface area contributed by atoms with Gasteiger partial charge in [-0.3, -0.25) is 4.79 Å². The highest BCUT2D eigenvalue weighted by Gasteiger charge is 2.28. The van der Waals surface area contributed by atoms with Gasteiger partial charge in [-0.2, -0.15) is 0 Å². The summed E-state index contributed by atoms with van der Waals surface area (Å²) in [5.74, 6) is -0.652. The average molecular weight is 326 g/mol. The van der Waals surface area contributed by atoms with E-state index in [-0.39, 0.29) is 17.4 Å². The lowest BCUT2D eigenvalue weighted by molar-refractivity contribution is -0.128. The number of anilines is 1. The van der Waals surface area contributed by atoms with Crippen LogP contribution >= 0.6 is 0 Å². The minimum atomic E-state index is -0.688. The quantitative estimate of drug-likeness (QED) is 0.892. The second kappa shape index (κ2) is 6.34. The Kier molecular flexibility index (Phi) is 4.04. The van der Waals surface area contributed by atoms with Gasteiger partial charge in [0.2, 0.25) is 0 Å². The highest BCUT2D eigenvalue weighted by molar-refractivity contribution is 5.95. The van der Waals surface area contributed by atoms with Crippen molar-refractivity contribution in [3.8, 4) is 0 Å². The van der Waals surface area contributed by atoms with Gasteiger partial charge >= 0.3 is 0 Å². The van der Waals surface area contributed by atoms with Crippen LogP contribution in [-0.2, 0) is 28.9 Å². The minimum Gasteiger partial charge on any atom is -0.363 e. The summed E-state index contributed by atoms with van der Waals surface area (Å²) in [6.45, 7) is 1.91. The number of ether oxygens (including phenoxy) is 1. The van der Waals surface area contributed by atoms with E-state index in [2.05, 4.69) is 10.6 Å². The van der Waals surface area contributed by atoms with Gasteiger partial charge in [-0.25, -0.2) is 4.39 Å². The molecule has 124 valence electrons. The molecule has 1 unspecified atom stereocenters. The van der Waals surface area contributed by atoms with Crippen molar-refractivity contribution in [2.24, 2.45) is 0 Å². The molecule has 0 fully saturated rings. The van der Waals surface area contributed by atoms with Gasteiger partial charge < -0.3 is 15.4 Å². The first kappa shape index (κ1) is 15.3. The van der Waals surface area contributed by atoms with Crippen molar-refractivity contribution in [3.05, 3.63) is 64.5 Å². The maximum Gasteiger partial charge on any atom is 0.258 e. The van der Waals surface area contributed by atoms with Crippen molar-refractivity contribution in [2.45, 2.75) is 25.5 Å². The van der Waals surface area contributed by atoms with E-state index >= 15 is 0 Å². The lowest BCUT2D eigenvalue weighted by Crippen LogP contribution is -2.29. The third kappa shape index (κ3) is 2.70.